The topological polar surface area (TPSA) is 129 Å². The number of nitrogens with zero attached hydrogens (tertiary/aromatic N) is 3. The van der Waals surface area contributed by atoms with Crippen molar-refractivity contribution in [2.24, 2.45) is 4.99 Å². The number of hydrogen-bond donors (Lipinski definition) is 1. The molecule has 0 saturated carbocycles. The quantitative estimate of drug-likeness (QED) is 0.305. The van der Waals surface area contributed by atoms with E-state index in [-0.39, 0.29) is 37.9 Å². The van der Waals surface area contributed by atoms with Crippen molar-refractivity contribution in [2.75, 3.05) is 13.2 Å². The average Bonchev–Trinajstić information content (AvgIpc) is 3.09. The zero-order chi connectivity index (χ0) is 19.4. The largest absolute Gasteiger partial charge is 0.466 e. The zero-order valence-corrected chi connectivity index (χ0v) is 14.8. The third-order valence-corrected chi connectivity index (χ3v) is 2.90. The Bertz CT molecular complexity index is 654. The molecule has 0 spiro atoms. The highest BCUT2D eigenvalue weighted by Gasteiger charge is 2.11. The van der Waals surface area contributed by atoms with Gasteiger partial charge in [-0.05, 0) is 18.9 Å². The molecule has 0 atom stereocenters. The lowest BCUT2D eigenvalue weighted by Gasteiger charge is -2.08. The molecule has 1 N–H and O–H groups in total. The molecule has 0 radical (unpaired) electrons. The number of ether oxygens (including phenoxy) is 2. The fourth-order valence-electron chi connectivity index (χ4n) is 1.78. The summed E-state index contributed by atoms with van der Waals surface area (Å²) in [4.78, 5) is 49.1. The molecule has 1 aromatic heterocycles. The molecule has 10 nitrogen and oxygen atoms in total. The van der Waals surface area contributed by atoms with Gasteiger partial charge in [0, 0.05) is 39.1 Å². The van der Waals surface area contributed by atoms with E-state index in [9.17, 15) is 19.2 Å². The van der Waals surface area contributed by atoms with E-state index in [1.165, 1.54) is 30.9 Å². The number of esters is 2. The van der Waals surface area contributed by atoms with E-state index >= 15 is 0 Å². The van der Waals surface area contributed by atoms with Gasteiger partial charge in [0.15, 0.2) is 0 Å². The van der Waals surface area contributed by atoms with E-state index < -0.39 is 17.8 Å². The van der Waals surface area contributed by atoms with Crippen LogP contribution >= 0.6 is 0 Å². The molecule has 0 aliphatic rings. The second-order valence-electron chi connectivity index (χ2n) is 5.22. The van der Waals surface area contributed by atoms with Crippen molar-refractivity contribution in [1.82, 2.24) is 15.1 Å². The van der Waals surface area contributed by atoms with Crippen molar-refractivity contribution in [3.63, 3.8) is 0 Å². The van der Waals surface area contributed by atoms with E-state index in [0.717, 1.165) is 0 Å². The van der Waals surface area contributed by atoms with E-state index in [1.54, 1.807) is 6.07 Å². The minimum Gasteiger partial charge on any atom is -0.466 e. The summed E-state index contributed by atoms with van der Waals surface area (Å²) < 4.78 is 10.7. The van der Waals surface area contributed by atoms with Crippen LogP contribution in [-0.4, -0.2) is 52.7 Å². The molecule has 2 amide bonds. The van der Waals surface area contributed by atoms with Crippen molar-refractivity contribution in [2.45, 2.75) is 39.5 Å². The fourth-order valence-corrected chi connectivity index (χ4v) is 1.78. The smallest absolute Gasteiger partial charge is 0.302 e. The lowest BCUT2D eigenvalue weighted by Crippen LogP contribution is -2.36. The number of amides is 2. The molecule has 1 rings (SSSR count). The Kier molecular flexibility index (Phi) is 9.29. The summed E-state index contributed by atoms with van der Waals surface area (Å²) in [6.07, 6.45) is 3.82. The Labute approximate surface area is 150 Å². The Morgan fingerprint density at radius 2 is 1.65 bits per heavy atom. The monoisotopic (exact) mass is 366 g/mol. The molecule has 142 valence electrons. The van der Waals surface area contributed by atoms with Crippen LogP contribution in [0.25, 0.3) is 0 Å². The SMILES string of the molecule is CC(=O)OCCCC(=O)N=C(NC(=O)CCCOC(C)=O)n1cccn1. The molecular weight excluding hydrogens is 344 g/mol. The summed E-state index contributed by atoms with van der Waals surface area (Å²) in [7, 11) is 0. The number of aromatic nitrogens is 2. The minimum absolute atomic E-state index is 0.0232. The van der Waals surface area contributed by atoms with Gasteiger partial charge in [0.25, 0.3) is 0 Å². The van der Waals surface area contributed by atoms with E-state index in [4.69, 9.17) is 9.47 Å². The van der Waals surface area contributed by atoms with E-state index in [2.05, 4.69) is 15.4 Å². The number of carbonyl (C=O) groups excluding carboxylic acids is 4. The molecule has 0 aliphatic heterocycles. The van der Waals surface area contributed by atoms with Gasteiger partial charge < -0.3 is 9.47 Å². The van der Waals surface area contributed by atoms with Crippen LogP contribution in [0.1, 0.15) is 39.5 Å². The molecule has 0 aromatic carbocycles. The van der Waals surface area contributed by atoms with Crippen LogP contribution in [0.15, 0.2) is 23.5 Å². The maximum atomic E-state index is 12.0. The first-order valence-corrected chi connectivity index (χ1v) is 8.06. The summed E-state index contributed by atoms with van der Waals surface area (Å²) >= 11 is 0. The van der Waals surface area contributed by atoms with Crippen LogP contribution in [-0.2, 0) is 28.7 Å². The Morgan fingerprint density at radius 3 is 2.19 bits per heavy atom. The molecule has 1 aromatic rings. The summed E-state index contributed by atoms with van der Waals surface area (Å²) in [5.74, 6) is -1.73. The first-order chi connectivity index (χ1) is 12.4. The molecular formula is C16H22N4O6. The minimum atomic E-state index is -0.483. The maximum absolute atomic E-state index is 12.0. The van der Waals surface area contributed by atoms with Gasteiger partial charge in [-0.3, -0.25) is 24.5 Å². The van der Waals surface area contributed by atoms with Gasteiger partial charge in [-0.2, -0.15) is 10.1 Å². The lowest BCUT2D eigenvalue weighted by molar-refractivity contribution is -0.142. The second-order valence-corrected chi connectivity index (χ2v) is 5.22. The normalized spacial score (nSPS) is 10.9. The molecule has 0 aliphatic carbocycles. The highest BCUT2D eigenvalue weighted by Crippen LogP contribution is 1.97. The van der Waals surface area contributed by atoms with Crippen LogP contribution in [0.5, 0.6) is 0 Å². The van der Waals surface area contributed by atoms with Gasteiger partial charge in [0.1, 0.15) is 0 Å². The third-order valence-electron chi connectivity index (χ3n) is 2.90. The molecule has 10 heteroatoms. The number of carbonyl (C=O) groups is 4. The van der Waals surface area contributed by atoms with Gasteiger partial charge in [-0.15, -0.1) is 0 Å². The van der Waals surface area contributed by atoms with Crippen molar-refractivity contribution in [3.05, 3.63) is 18.5 Å². The Hall–Kier alpha value is -3.04. The summed E-state index contributed by atoms with van der Waals surface area (Å²) in [5.41, 5.74) is 0. The van der Waals surface area contributed by atoms with Gasteiger partial charge in [-0.1, -0.05) is 0 Å². The summed E-state index contributed by atoms with van der Waals surface area (Å²) in [6, 6.07) is 1.62. The van der Waals surface area contributed by atoms with E-state index in [1.807, 2.05) is 0 Å². The Morgan fingerprint density at radius 1 is 1.04 bits per heavy atom. The van der Waals surface area contributed by atoms with Crippen molar-refractivity contribution in [3.8, 4) is 0 Å². The molecule has 0 unspecified atom stereocenters. The first-order valence-electron chi connectivity index (χ1n) is 8.06. The number of aliphatic imine (C=N–C) groups is 1. The van der Waals surface area contributed by atoms with Gasteiger partial charge in [-0.25, -0.2) is 4.68 Å². The standard InChI is InChI=1S/C16H22N4O6/c1-12(21)25-10-3-6-14(23)18-16(20-9-5-8-17-20)19-15(24)7-4-11-26-13(2)22/h5,8-9H,3-4,6-7,10-11H2,1-2H3,(H,18,19,23,24). The van der Waals surface area contributed by atoms with Crippen molar-refractivity contribution in [1.29, 1.82) is 0 Å². The number of rotatable bonds is 8. The zero-order valence-electron chi connectivity index (χ0n) is 14.8. The van der Waals surface area contributed by atoms with Crippen LogP contribution in [0.2, 0.25) is 0 Å². The number of hydrogen-bond acceptors (Lipinski definition) is 7. The Balaban J connectivity index is 2.56. The summed E-state index contributed by atoms with van der Waals surface area (Å²) in [6.45, 7) is 2.82. The van der Waals surface area contributed by atoms with Crippen LogP contribution < -0.4 is 5.32 Å². The first kappa shape index (κ1) is 21.0. The predicted molar refractivity (Wildman–Crippen MR) is 89.9 cm³/mol. The molecule has 1 heterocycles. The van der Waals surface area contributed by atoms with Crippen LogP contribution in [0.4, 0.5) is 0 Å². The van der Waals surface area contributed by atoms with E-state index in [0.29, 0.717) is 12.8 Å². The lowest BCUT2D eigenvalue weighted by atomic mass is 10.3. The predicted octanol–water partition coefficient (Wildman–Crippen LogP) is 0.417. The second kappa shape index (κ2) is 11.5. The third kappa shape index (κ3) is 9.30. The van der Waals surface area contributed by atoms with Crippen molar-refractivity contribution < 1.29 is 28.7 Å². The van der Waals surface area contributed by atoms with Gasteiger partial charge in [0.2, 0.25) is 17.8 Å². The van der Waals surface area contributed by atoms with Crippen molar-refractivity contribution >= 4 is 29.7 Å². The number of nitrogens with one attached hydrogen (secondary N) is 1. The molecule has 0 saturated heterocycles. The van der Waals surface area contributed by atoms with Crippen LogP contribution in [0, 0.1) is 0 Å². The van der Waals surface area contributed by atoms with Gasteiger partial charge in [0.05, 0.1) is 13.2 Å². The molecule has 0 bridgehead atoms. The maximum Gasteiger partial charge on any atom is 0.302 e. The van der Waals surface area contributed by atoms with Crippen LogP contribution in [0.3, 0.4) is 0 Å². The highest BCUT2D eigenvalue weighted by molar-refractivity contribution is 6.02. The molecule has 0 fully saturated rings. The van der Waals surface area contributed by atoms with Gasteiger partial charge >= 0.3 is 11.9 Å². The fraction of sp³-hybridized carbons (Fsp3) is 0.500. The highest BCUT2D eigenvalue weighted by atomic mass is 16.5. The summed E-state index contributed by atoms with van der Waals surface area (Å²) in [5, 5.41) is 6.45. The molecule has 26 heavy (non-hydrogen) atoms. The average molecular weight is 366 g/mol.